The number of rotatable bonds is 18. The Morgan fingerprint density at radius 3 is 2.14 bits per heavy atom. The second-order valence-electron chi connectivity index (χ2n) is 8.19. The molecule has 0 heterocycles. The molecular formula is C26H42O3. The first kappa shape index (κ1) is 25.4. The lowest BCUT2D eigenvalue weighted by Gasteiger charge is -2.17. The Morgan fingerprint density at radius 2 is 1.55 bits per heavy atom. The monoisotopic (exact) mass is 402 g/mol. The third kappa shape index (κ3) is 13.3. The highest BCUT2D eigenvalue weighted by Gasteiger charge is 2.21. The molecule has 0 aliphatic carbocycles. The molecule has 1 rings (SSSR count). The highest BCUT2D eigenvalue weighted by molar-refractivity contribution is 5.70. The molecule has 0 amide bonds. The number of hydrogen-bond donors (Lipinski definition) is 1. The molecule has 1 aromatic carbocycles. The van der Waals surface area contributed by atoms with E-state index < -0.39 is 11.9 Å². The summed E-state index contributed by atoms with van der Waals surface area (Å²) in [6.07, 6.45) is 18.6. The van der Waals surface area contributed by atoms with Gasteiger partial charge in [0.1, 0.15) is 0 Å². The summed E-state index contributed by atoms with van der Waals surface area (Å²) in [5.74, 6) is -1.28. The zero-order valence-corrected chi connectivity index (χ0v) is 18.7. The van der Waals surface area contributed by atoms with E-state index in [0.29, 0.717) is 13.2 Å². The van der Waals surface area contributed by atoms with Gasteiger partial charge < -0.3 is 9.84 Å². The van der Waals surface area contributed by atoms with Gasteiger partial charge in [0.05, 0.1) is 19.1 Å². The number of carboxylic acid groups (broad SMARTS) is 1. The number of hydrogen-bond acceptors (Lipinski definition) is 2. The van der Waals surface area contributed by atoms with E-state index in [0.717, 1.165) is 12.0 Å². The number of aliphatic carboxylic acids is 1. The van der Waals surface area contributed by atoms with Gasteiger partial charge >= 0.3 is 5.97 Å². The molecule has 164 valence electrons. The Bertz CT molecular complexity index is 538. The minimum atomic E-state index is -0.762. The Morgan fingerprint density at radius 1 is 0.966 bits per heavy atom. The Labute approximate surface area is 178 Å². The molecule has 0 aliphatic rings. The lowest BCUT2D eigenvalue weighted by atomic mass is 9.94. The molecule has 0 unspecified atom stereocenters. The molecule has 0 bridgehead atoms. The van der Waals surface area contributed by atoms with Crippen LogP contribution in [-0.2, 0) is 16.1 Å². The maximum Gasteiger partial charge on any atom is 0.306 e. The number of benzene rings is 1. The lowest BCUT2D eigenvalue weighted by molar-refractivity contribution is -0.143. The smallest absolute Gasteiger partial charge is 0.306 e. The standard InChI is InChI=1S/C26H42O3/c1-3-4-5-6-7-8-9-10-11-12-13-17-20-25(23(2)26(27)28)22-29-21-24-18-15-14-16-19-24/h14-20,23,25H,3-13,21-22H2,1-2H3,(H,27,28)/b20-17-/t23-,25-/m0/s1. The SMILES string of the molecule is CCCCCCCCCCCC/C=C\[C@@H](COCc1ccccc1)[C@H](C)C(=O)O. The van der Waals surface area contributed by atoms with Crippen molar-refractivity contribution in [3.05, 3.63) is 48.0 Å². The van der Waals surface area contributed by atoms with Gasteiger partial charge in [0.25, 0.3) is 0 Å². The van der Waals surface area contributed by atoms with Crippen molar-refractivity contribution in [3.63, 3.8) is 0 Å². The van der Waals surface area contributed by atoms with Gasteiger partial charge in [-0.25, -0.2) is 0 Å². The Hall–Kier alpha value is -1.61. The highest BCUT2D eigenvalue weighted by atomic mass is 16.5. The molecule has 0 aromatic heterocycles. The summed E-state index contributed by atoms with van der Waals surface area (Å²) < 4.78 is 5.80. The van der Waals surface area contributed by atoms with Gasteiger partial charge in [-0.2, -0.15) is 0 Å². The molecule has 1 N–H and O–H groups in total. The third-order valence-electron chi connectivity index (χ3n) is 5.56. The van der Waals surface area contributed by atoms with E-state index in [9.17, 15) is 9.90 Å². The molecule has 1 aromatic rings. The maximum absolute atomic E-state index is 11.4. The van der Waals surface area contributed by atoms with E-state index in [1.165, 1.54) is 64.2 Å². The summed E-state index contributed by atoms with van der Waals surface area (Å²) >= 11 is 0. The van der Waals surface area contributed by atoms with Crippen molar-refractivity contribution in [2.75, 3.05) is 6.61 Å². The molecule has 0 aliphatic heterocycles. The molecule has 3 nitrogen and oxygen atoms in total. The highest BCUT2D eigenvalue weighted by Crippen LogP contribution is 2.17. The van der Waals surface area contributed by atoms with E-state index in [2.05, 4.69) is 19.1 Å². The fourth-order valence-electron chi connectivity index (χ4n) is 3.46. The molecule has 3 heteroatoms. The van der Waals surface area contributed by atoms with Crippen molar-refractivity contribution in [3.8, 4) is 0 Å². The van der Waals surface area contributed by atoms with Crippen LogP contribution < -0.4 is 0 Å². The van der Waals surface area contributed by atoms with Crippen LogP contribution in [0.5, 0.6) is 0 Å². The van der Waals surface area contributed by atoms with E-state index >= 15 is 0 Å². The summed E-state index contributed by atoms with van der Waals surface area (Å²) in [5.41, 5.74) is 1.11. The summed E-state index contributed by atoms with van der Waals surface area (Å²) in [5, 5.41) is 9.37. The van der Waals surface area contributed by atoms with Gasteiger partial charge in [-0.3, -0.25) is 4.79 Å². The van der Waals surface area contributed by atoms with Crippen LogP contribution in [0.15, 0.2) is 42.5 Å². The summed E-state index contributed by atoms with van der Waals surface area (Å²) in [7, 11) is 0. The molecule has 0 spiro atoms. The van der Waals surface area contributed by atoms with E-state index in [-0.39, 0.29) is 5.92 Å². The van der Waals surface area contributed by atoms with Crippen LogP contribution >= 0.6 is 0 Å². The van der Waals surface area contributed by atoms with Crippen LogP contribution in [0.25, 0.3) is 0 Å². The van der Waals surface area contributed by atoms with Crippen LogP contribution in [0.1, 0.15) is 90.0 Å². The number of carboxylic acids is 1. The molecule has 0 saturated heterocycles. The number of unbranched alkanes of at least 4 members (excludes halogenated alkanes) is 10. The Kier molecular flexibility index (Phi) is 15.1. The first-order valence-electron chi connectivity index (χ1n) is 11.7. The summed E-state index contributed by atoms with van der Waals surface area (Å²) in [6, 6.07) is 10.0. The van der Waals surface area contributed by atoms with Gasteiger partial charge in [0, 0.05) is 5.92 Å². The molecule has 0 saturated carbocycles. The van der Waals surface area contributed by atoms with Gasteiger partial charge in [-0.1, -0.05) is 114 Å². The number of allylic oxidation sites excluding steroid dienone is 1. The van der Waals surface area contributed by atoms with Crippen LogP contribution in [0, 0.1) is 11.8 Å². The second-order valence-corrected chi connectivity index (χ2v) is 8.19. The third-order valence-corrected chi connectivity index (χ3v) is 5.56. The van der Waals surface area contributed by atoms with Crippen molar-refractivity contribution in [1.29, 1.82) is 0 Å². The second kappa shape index (κ2) is 17.3. The first-order valence-corrected chi connectivity index (χ1v) is 11.7. The number of carbonyl (C=O) groups is 1. The fourth-order valence-corrected chi connectivity index (χ4v) is 3.46. The van der Waals surface area contributed by atoms with Gasteiger partial charge in [0.15, 0.2) is 0 Å². The average molecular weight is 403 g/mol. The van der Waals surface area contributed by atoms with Crippen molar-refractivity contribution in [1.82, 2.24) is 0 Å². The van der Waals surface area contributed by atoms with E-state index in [4.69, 9.17) is 4.74 Å². The van der Waals surface area contributed by atoms with Crippen LogP contribution in [0.4, 0.5) is 0 Å². The quantitative estimate of drug-likeness (QED) is 0.205. The summed E-state index contributed by atoms with van der Waals surface area (Å²) in [6.45, 7) is 4.99. The molecule has 29 heavy (non-hydrogen) atoms. The minimum Gasteiger partial charge on any atom is -0.481 e. The van der Waals surface area contributed by atoms with Crippen molar-refractivity contribution in [2.45, 2.75) is 91.1 Å². The van der Waals surface area contributed by atoms with Crippen LogP contribution in [-0.4, -0.2) is 17.7 Å². The van der Waals surface area contributed by atoms with E-state index in [1.54, 1.807) is 6.92 Å². The first-order chi connectivity index (χ1) is 14.1. The molecule has 0 fully saturated rings. The van der Waals surface area contributed by atoms with Gasteiger partial charge in [0.2, 0.25) is 0 Å². The zero-order chi connectivity index (χ0) is 21.2. The predicted octanol–water partition coefficient (Wildman–Crippen LogP) is 7.41. The largest absolute Gasteiger partial charge is 0.481 e. The van der Waals surface area contributed by atoms with E-state index in [1.807, 2.05) is 30.3 Å². The molecular weight excluding hydrogens is 360 g/mol. The minimum absolute atomic E-state index is 0.0840. The van der Waals surface area contributed by atoms with Crippen LogP contribution in [0.2, 0.25) is 0 Å². The van der Waals surface area contributed by atoms with Crippen LogP contribution in [0.3, 0.4) is 0 Å². The molecule has 2 atom stereocenters. The van der Waals surface area contributed by atoms with Crippen molar-refractivity contribution in [2.24, 2.45) is 11.8 Å². The number of ether oxygens (including phenoxy) is 1. The van der Waals surface area contributed by atoms with Gasteiger partial charge in [-0.15, -0.1) is 0 Å². The maximum atomic E-state index is 11.4. The summed E-state index contributed by atoms with van der Waals surface area (Å²) in [4.78, 5) is 11.4. The molecule has 0 radical (unpaired) electrons. The normalized spacial score (nSPS) is 13.6. The average Bonchev–Trinajstić information content (AvgIpc) is 2.73. The van der Waals surface area contributed by atoms with Crippen molar-refractivity contribution < 1.29 is 14.6 Å². The fraction of sp³-hybridized carbons (Fsp3) is 0.654. The predicted molar refractivity (Wildman–Crippen MR) is 122 cm³/mol. The Balaban J connectivity index is 2.18. The zero-order valence-electron chi connectivity index (χ0n) is 18.7. The topological polar surface area (TPSA) is 46.5 Å². The van der Waals surface area contributed by atoms with Crippen molar-refractivity contribution >= 4 is 5.97 Å². The van der Waals surface area contributed by atoms with Gasteiger partial charge in [-0.05, 0) is 18.4 Å². The lowest BCUT2D eigenvalue weighted by Crippen LogP contribution is -2.23.